The summed E-state index contributed by atoms with van der Waals surface area (Å²) in [7, 11) is 0. The Morgan fingerprint density at radius 2 is 2.21 bits per heavy atom. The first-order valence-electron chi connectivity index (χ1n) is 5.66. The SMILES string of the molecule is CC(C)n1c(SCC(=O)O)nnc1-c1ccnnc1. The van der Waals surface area contributed by atoms with Gasteiger partial charge in [0.15, 0.2) is 11.0 Å². The Morgan fingerprint density at radius 1 is 1.42 bits per heavy atom. The minimum absolute atomic E-state index is 0.0422. The molecule has 0 unspecified atom stereocenters. The molecule has 100 valence electrons. The molecular weight excluding hydrogens is 266 g/mol. The van der Waals surface area contributed by atoms with Crippen LogP contribution >= 0.6 is 11.8 Å². The average Bonchev–Trinajstić information content (AvgIpc) is 2.81. The van der Waals surface area contributed by atoms with Crippen LogP contribution in [0.3, 0.4) is 0 Å². The van der Waals surface area contributed by atoms with E-state index >= 15 is 0 Å². The highest BCUT2D eigenvalue weighted by Crippen LogP contribution is 2.26. The molecule has 0 aliphatic carbocycles. The van der Waals surface area contributed by atoms with Crippen LogP contribution in [0.5, 0.6) is 0 Å². The van der Waals surface area contributed by atoms with Crippen molar-refractivity contribution in [2.24, 2.45) is 0 Å². The lowest BCUT2D eigenvalue weighted by Gasteiger charge is -2.12. The zero-order valence-electron chi connectivity index (χ0n) is 10.5. The summed E-state index contributed by atoms with van der Waals surface area (Å²) in [5.74, 6) is -0.257. The minimum atomic E-state index is -0.879. The first kappa shape index (κ1) is 13.5. The van der Waals surface area contributed by atoms with Gasteiger partial charge in [0.2, 0.25) is 0 Å². The summed E-state index contributed by atoms with van der Waals surface area (Å²) in [5.41, 5.74) is 0.804. The van der Waals surface area contributed by atoms with Crippen LogP contribution in [-0.2, 0) is 4.79 Å². The minimum Gasteiger partial charge on any atom is -0.481 e. The normalized spacial score (nSPS) is 10.9. The van der Waals surface area contributed by atoms with Crippen LogP contribution in [0.1, 0.15) is 19.9 Å². The molecule has 0 bridgehead atoms. The lowest BCUT2D eigenvalue weighted by molar-refractivity contribution is -0.133. The van der Waals surface area contributed by atoms with Gasteiger partial charge in [-0.05, 0) is 19.9 Å². The number of nitrogens with zero attached hydrogens (tertiary/aromatic N) is 5. The second-order valence-electron chi connectivity index (χ2n) is 4.08. The standard InChI is InChI=1S/C11H13N5O2S/c1-7(2)16-10(8-3-4-12-13-5-8)14-15-11(16)19-6-9(17)18/h3-5,7H,6H2,1-2H3,(H,17,18). The summed E-state index contributed by atoms with van der Waals surface area (Å²) in [6.45, 7) is 3.98. The van der Waals surface area contributed by atoms with Crippen molar-refractivity contribution in [3.63, 3.8) is 0 Å². The van der Waals surface area contributed by atoms with Gasteiger partial charge in [-0.2, -0.15) is 10.2 Å². The Morgan fingerprint density at radius 3 is 2.79 bits per heavy atom. The highest BCUT2D eigenvalue weighted by molar-refractivity contribution is 7.99. The number of carboxylic acids is 1. The number of rotatable bonds is 5. The van der Waals surface area contributed by atoms with Crippen LogP contribution in [0.15, 0.2) is 23.6 Å². The molecule has 19 heavy (non-hydrogen) atoms. The average molecular weight is 279 g/mol. The number of aliphatic carboxylic acids is 1. The summed E-state index contributed by atoms with van der Waals surface area (Å²) in [6.07, 6.45) is 3.19. The van der Waals surface area contributed by atoms with E-state index in [4.69, 9.17) is 5.11 Å². The Hall–Kier alpha value is -1.96. The third kappa shape index (κ3) is 3.08. The third-order valence-electron chi connectivity index (χ3n) is 2.35. The van der Waals surface area contributed by atoms with Crippen molar-refractivity contribution in [1.29, 1.82) is 0 Å². The first-order chi connectivity index (χ1) is 9.09. The molecule has 2 rings (SSSR count). The molecule has 0 amide bonds. The van der Waals surface area contributed by atoms with Gasteiger partial charge in [0.1, 0.15) is 0 Å². The lowest BCUT2D eigenvalue weighted by atomic mass is 10.3. The molecule has 2 aromatic rings. The lowest BCUT2D eigenvalue weighted by Crippen LogP contribution is -2.07. The predicted octanol–water partition coefficient (Wildman–Crippen LogP) is 1.49. The van der Waals surface area contributed by atoms with E-state index in [-0.39, 0.29) is 11.8 Å². The van der Waals surface area contributed by atoms with Gasteiger partial charge in [-0.3, -0.25) is 9.36 Å². The molecule has 2 aromatic heterocycles. The van der Waals surface area contributed by atoms with Crippen molar-refractivity contribution in [2.75, 3.05) is 5.75 Å². The van der Waals surface area contributed by atoms with Crippen LogP contribution in [0, 0.1) is 0 Å². The molecule has 2 heterocycles. The van der Waals surface area contributed by atoms with Crippen LogP contribution in [0.4, 0.5) is 0 Å². The van der Waals surface area contributed by atoms with E-state index in [1.807, 2.05) is 18.4 Å². The van der Waals surface area contributed by atoms with Crippen molar-refractivity contribution in [1.82, 2.24) is 25.0 Å². The van der Waals surface area contributed by atoms with Crippen LogP contribution < -0.4 is 0 Å². The topological polar surface area (TPSA) is 93.8 Å². The predicted molar refractivity (Wildman–Crippen MR) is 69.8 cm³/mol. The zero-order valence-corrected chi connectivity index (χ0v) is 11.3. The highest BCUT2D eigenvalue weighted by Gasteiger charge is 2.17. The number of carboxylic acid groups (broad SMARTS) is 1. The van der Waals surface area contributed by atoms with Crippen molar-refractivity contribution >= 4 is 17.7 Å². The van der Waals surface area contributed by atoms with Crippen LogP contribution in [-0.4, -0.2) is 41.8 Å². The van der Waals surface area contributed by atoms with Crippen molar-refractivity contribution < 1.29 is 9.90 Å². The molecule has 0 radical (unpaired) electrons. The van der Waals surface area contributed by atoms with E-state index in [1.165, 1.54) is 0 Å². The van der Waals surface area contributed by atoms with Crippen molar-refractivity contribution in [2.45, 2.75) is 25.0 Å². The van der Waals surface area contributed by atoms with E-state index in [0.29, 0.717) is 11.0 Å². The summed E-state index contributed by atoms with van der Waals surface area (Å²) in [6, 6.07) is 1.91. The van der Waals surface area contributed by atoms with Gasteiger partial charge in [0, 0.05) is 11.6 Å². The molecule has 0 spiro atoms. The number of hydrogen-bond acceptors (Lipinski definition) is 6. The maximum atomic E-state index is 10.6. The fraction of sp³-hybridized carbons (Fsp3) is 0.364. The molecule has 8 heteroatoms. The maximum Gasteiger partial charge on any atom is 0.313 e. The Kier molecular flexibility index (Phi) is 4.10. The number of thioether (sulfide) groups is 1. The molecule has 0 saturated heterocycles. The first-order valence-corrected chi connectivity index (χ1v) is 6.64. The second kappa shape index (κ2) is 5.79. The molecule has 7 nitrogen and oxygen atoms in total. The Balaban J connectivity index is 2.37. The smallest absolute Gasteiger partial charge is 0.313 e. The van der Waals surface area contributed by atoms with E-state index in [2.05, 4.69) is 20.4 Å². The molecule has 0 atom stereocenters. The number of carbonyl (C=O) groups is 1. The summed E-state index contributed by atoms with van der Waals surface area (Å²) < 4.78 is 1.89. The van der Waals surface area contributed by atoms with Gasteiger partial charge in [0.05, 0.1) is 18.1 Å². The molecule has 0 aliphatic rings. The summed E-state index contributed by atoms with van der Waals surface area (Å²) >= 11 is 1.15. The molecule has 0 aliphatic heterocycles. The summed E-state index contributed by atoms with van der Waals surface area (Å²) in [4.78, 5) is 10.6. The molecule has 0 fully saturated rings. The van der Waals surface area contributed by atoms with Gasteiger partial charge in [-0.25, -0.2) is 0 Å². The maximum absolute atomic E-state index is 10.6. The monoisotopic (exact) mass is 279 g/mol. The second-order valence-corrected chi connectivity index (χ2v) is 5.03. The third-order valence-corrected chi connectivity index (χ3v) is 3.28. The van der Waals surface area contributed by atoms with E-state index < -0.39 is 5.97 Å². The molecule has 0 saturated carbocycles. The number of aromatic nitrogens is 5. The van der Waals surface area contributed by atoms with Crippen LogP contribution in [0.2, 0.25) is 0 Å². The zero-order chi connectivity index (χ0) is 13.8. The van der Waals surface area contributed by atoms with Gasteiger partial charge in [0.25, 0.3) is 0 Å². The molecular formula is C11H13N5O2S. The van der Waals surface area contributed by atoms with Crippen LogP contribution in [0.25, 0.3) is 11.4 Å². The van der Waals surface area contributed by atoms with E-state index in [9.17, 15) is 4.79 Å². The Labute approximate surface area is 114 Å². The van der Waals surface area contributed by atoms with Gasteiger partial charge in [-0.1, -0.05) is 11.8 Å². The quantitative estimate of drug-likeness (QED) is 0.828. The number of hydrogen-bond donors (Lipinski definition) is 1. The fourth-order valence-electron chi connectivity index (χ4n) is 1.59. The Bertz CT molecular complexity index is 570. The fourth-order valence-corrected chi connectivity index (χ4v) is 2.37. The van der Waals surface area contributed by atoms with E-state index in [1.54, 1.807) is 18.5 Å². The summed E-state index contributed by atoms with van der Waals surface area (Å²) in [5, 5.41) is 25.0. The van der Waals surface area contributed by atoms with Gasteiger partial charge >= 0.3 is 5.97 Å². The molecule has 1 N–H and O–H groups in total. The van der Waals surface area contributed by atoms with Crippen molar-refractivity contribution in [3.05, 3.63) is 18.5 Å². The molecule has 0 aromatic carbocycles. The highest BCUT2D eigenvalue weighted by atomic mass is 32.2. The van der Waals surface area contributed by atoms with Crippen molar-refractivity contribution in [3.8, 4) is 11.4 Å². The van der Waals surface area contributed by atoms with Gasteiger partial charge < -0.3 is 5.11 Å². The largest absolute Gasteiger partial charge is 0.481 e. The van der Waals surface area contributed by atoms with E-state index in [0.717, 1.165) is 17.3 Å². The van der Waals surface area contributed by atoms with Gasteiger partial charge in [-0.15, -0.1) is 10.2 Å².